The molecule has 1 heterocycles. The van der Waals surface area contributed by atoms with E-state index in [1.807, 2.05) is 30.3 Å². The Morgan fingerprint density at radius 2 is 1.83 bits per heavy atom. The Bertz CT molecular complexity index is 772. The summed E-state index contributed by atoms with van der Waals surface area (Å²) in [6, 6.07) is 12.7. The maximum Gasteiger partial charge on any atom is 0.254 e. The Kier molecular flexibility index (Phi) is 5.07. The van der Waals surface area contributed by atoms with Gasteiger partial charge >= 0.3 is 0 Å². The fraction of sp³-hybridized carbons (Fsp3) is 0.222. The number of rotatable bonds is 5. The van der Waals surface area contributed by atoms with Crippen LogP contribution in [0.2, 0.25) is 10.0 Å². The first kappa shape index (κ1) is 16.8. The molecule has 124 valence electrons. The number of nitrogens with one attached hydrogen (secondary N) is 1. The highest BCUT2D eigenvalue weighted by atomic mass is 35.5. The van der Waals surface area contributed by atoms with Crippen LogP contribution in [0.25, 0.3) is 0 Å². The summed E-state index contributed by atoms with van der Waals surface area (Å²) in [5.41, 5.74) is 2.60. The Morgan fingerprint density at radius 3 is 2.54 bits per heavy atom. The molecule has 1 aliphatic rings. The molecule has 2 amide bonds. The number of benzene rings is 2. The normalized spacial score (nSPS) is 13.1. The summed E-state index contributed by atoms with van der Waals surface area (Å²) < 4.78 is 0. The summed E-state index contributed by atoms with van der Waals surface area (Å²) in [5.74, 6) is -0.272. The van der Waals surface area contributed by atoms with E-state index in [2.05, 4.69) is 5.32 Å². The van der Waals surface area contributed by atoms with Crippen LogP contribution in [0.4, 0.5) is 0 Å². The number of carbonyl (C=O) groups excluding carboxylic acids is 2. The van der Waals surface area contributed by atoms with Gasteiger partial charge in [-0.1, -0.05) is 41.4 Å². The van der Waals surface area contributed by atoms with E-state index in [-0.39, 0.29) is 18.4 Å². The van der Waals surface area contributed by atoms with Crippen LogP contribution in [0, 0.1) is 0 Å². The summed E-state index contributed by atoms with van der Waals surface area (Å²) in [4.78, 5) is 25.8. The molecule has 4 nitrogen and oxygen atoms in total. The van der Waals surface area contributed by atoms with Crippen LogP contribution >= 0.6 is 23.2 Å². The molecule has 0 atom stereocenters. The zero-order chi connectivity index (χ0) is 17.1. The molecule has 0 aliphatic carbocycles. The van der Waals surface area contributed by atoms with Gasteiger partial charge < -0.3 is 10.2 Å². The molecule has 0 fully saturated rings. The molecule has 0 spiro atoms. The molecule has 0 saturated heterocycles. The van der Waals surface area contributed by atoms with E-state index in [1.54, 1.807) is 17.0 Å². The third-order valence-electron chi connectivity index (χ3n) is 3.89. The van der Waals surface area contributed by atoms with Crippen molar-refractivity contribution in [1.29, 1.82) is 0 Å². The summed E-state index contributed by atoms with van der Waals surface area (Å²) in [7, 11) is 0. The first-order chi connectivity index (χ1) is 11.5. The van der Waals surface area contributed by atoms with Gasteiger partial charge in [0.25, 0.3) is 5.91 Å². The van der Waals surface area contributed by atoms with Gasteiger partial charge in [0.2, 0.25) is 5.91 Å². The number of fused-ring (bicyclic) bond motifs is 1. The van der Waals surface area contributed by atoms with Crippen molar-refractivity contribution in [3.05, 3.63) is 69.2 Å². The quantitative estimate of drug-likeness (QED) is 0.886. The summed E-state index contributed by atoms with van der Waals surface area (Å²) in [5, 5.41) is 3.97. The SMILES string of the molecule is O=C(CN1Cc2ccccc2C1=O)NCCc1cc(Cl)cc(Cl)c1. The lowest BCUT2D eigenvalue weighted by atomic mass is 10.1. The lowest BCUT2D eigenvalue weighted by Gasteiger charge is -2.15. The molecular weight excluding hydrogens is 347 g/mol. The standard InChI is InChI=1S/C18H16Cl2N2O2/c19-14-7-12(8-15(20)9-14)5-6-21-17(23)11-22-10-13-3-1-2-4-16(13)18(22)24/h1-4,7-9H,5-6,10-11H2,(H,21,23). The molecule has 0 radical (unpaired) electrons. The van der Waals surface area contributed by atoms with Crippen LogP contribution in [-0.2, 0) is 17.8 Å². The van der Waals surface area contributed by atoms with Gasteiger partial charge in [-0.15, -0.1) is 0 Å². The van der Waals surface area contributed by atoms with Crippen molar-refractivity contribution in [2.24, 2.45) is 0 Å². The monoisotopic (exact) mass is 362 g/mol. The molecule has 0 aromatic heterocycles. The molecule has 2 aromatic rings. The lowest BCUT2D eigenvalue weighted by Crippen LogP contribution is -2.38. The molecule has 1 N–H and O–H groups in total. The molecular formula is C18H16Cl2N2O2. The molecule has 2 aromatic carbocycles. The van der Waals surface area contributed by atoms with Crippen LogP contribution in [0.15, 0.2) is 42.5 Å². The van der Waals surface area contributed by atoms with Crippen LogP contribution in [0.3, 0.4) is 0 Å². The highest BCUT2D eigenvalue weighted by molar-refractivity contribution is 6.34. The Morgan fingerprint density at radius 1 is 1.12 bits per heavy atom. The van der Waals surface area contributed by atoms with Gasteiger partial charge in [0, 0.05) is 28.7 Å². The molecule has 0 saturated carbocycles. The van der Waals surface area contributed by atoms with Crippen LogP contribution < -0.4 is 5.32 Å². The minimum Gasteiger partial charge on any atom is -0.354 e. The summed E-state index contributed by atoms with van der Waals surface area (Å²) in [6.07, 6.45) is 0.625. The van der Waals surface area contributed by atoms with Gasteiger partial charge in [-0.05, 0) is 41.8 Å². The topological polar surface area (TPSA) is 49.4 Å². The predicted octanol–water partition coefficient (Wildman–Crippen LogP) is 3.31. The smallest absolute Gasteiger partial charge is 0.254 e. The molecule has 24 heavy (non-hydrogen) atoms. The molecule has 6 heteroatoms. The Labute approximate surface area is 150 Å². The number of halogens is 2. The van der Waals surface area contributed by atoms with E-state index in [0.29, 0.717) is 35.1 Å². The van der Waals surface area contributed by atoms with E-state index < -0.39 is 0 Å². The number of nitrogens with zero attached hydrogens (tertiary/aromatic N) is 1. The van der Waals surface area contributed by atoms with Crippen molar-refractivity contribution >= 4 is 35.0 Å². The average molecular weight is 363 g/mol. The van der Waals surface area contributed by atoms with Crippen molar-refractivity contribution in [2.75, 3.05) is 13.1 Å². The second-order valence-corrected chi connectivity index (χ2v) is 6.57. The first-order valence-electron chi connectivity index (χ1n) is 7.62. The summed E-state index contributed by atoms with van der Waals surface area (Å²) >= 11 is 11.9. The van der Waals surface area contributed by atoms with E-state index in [1.165, 1.54) is 0 Å². The van der Waals surface area contributed by atoms with E-state index in [4.69, 9.17) is 23.2 Å². The molecule has 0 bridgehead atoms. The van der Waals surface area contributed by atoms with Gasteiger partial charge in [-0.3, -0.25) is 9.59 Å². The fourth-order valence-corrected chi connectivity index (χ4v) is 3.34. The zero-order valence-corrected chi connectivity index (χ0v) is 14.4. The highest BCUT2D eigenvalue weighted by Gasteiger charge is 2.27. The van der Waals surface area contributed by atoms with Crippen molar-refractivity contribution in [2.45, 2.75) is 13.0 Å². The minimum absolute atomic E-state index is 0.0593. The van der Waals surface area contributed by atoms with Gasteiger partial charge in [-0.2, -0.15) is 0 Å². The molecule has 1 aliphatic heterocycles. The second-order valence-electron chi connectivity index (χ2n) is 5.70. The van der Waals surface area contributed by atoms with Crippen LogP contribution in [-0.4, -0.2) is 29.8 Å². The second kappa shape index (κ2) is 7.24. The van der Waals surface area contributed by atoms with Crippen molar-refractivity contribution < 1.29 is 9.59 Å². The predicted molar refractivity (Wildman–Crippen MR) is 94.4 cm³/mol. The van der Waals surface area contributed by atoms with Crippen molar-refractivity contribution in [3.8, 4) is 0 Å². The molecule has 0 unspecified atom stereocenters. The largest absolute Gasteiger partial charge is 0.354 e. The van der Waals surface area contributed by atoms with Gasteiger partial charge in [0.1, 0.15) is 6.54 Å². The van der Waals surface area contributed by atoms with E-state index >= 15 is 0 Å². The zero-order valence-electron chi connectivity index (χ0n) is 12.9. The Hall–Kier alpha value is -2.04. The van der Waals surface area contributed by atoms with Gasteiger partial charge in [0.15, 0.2) is 0 Å². The minimum atomic E-state index is -0.177. The third-order valence-corrected chi connectivity index (χ3v) is 4.33. The van der Waals surface area contributed by atoms with Gasteiger partial charge in [0.05, 0.1) is 0 Å². The third kappa shape index (κ3) is 3.89. The fourth-order valence-electron chi connectivity index (χ4n) is 2.77. The van der Waals surface area contributed by atoms with Crippen molar-refractivity contribution in [3.63, 3.8) is 0 Å². The number of carbonyl (C=O) groups is 2. The average Bonchev–Trinajstić information content (AvgIpc) is 2.83. The maximum absolute atomic E-state index is 12.2. The van der Waals surface area contributed by atoms with Crippen LogP contribution in [0.1, 0.15) is 21.5 Å². The maximum atomic E-state index is 12.2. The van der Waals surface area contributed by atoms with E-state index in [0.717, 1.165) is 11.1 Å². The summed E-state index contributed by atoms with van der Waals surface area (Å²) in [6.45, 7) is 1.00. The number of hydrogen-bond acceptors (Lipinski definition) is 2. The Balaban J connectivity index is 1.49. The number of hydrogen-bond donors (Lipinski definition) is 1. The van der Waals surface area contributed by atoms with Crippen molar-refractivity contribution in [1.82, 2.24) is 10.2 Å². The first-order valence-corrected chi connectivity index (χ1v) is 8.37. The van der Waals surface area contributed by atoms with Crippen LogP contribution in [0.5, 0.6) is 0 Å². The molecule has 3 rings (SSSR count). The van der Waals surface area contributed by atoms with Gasteiger partial charge in [-0.25, -0.2) is 0 Å². The highest BCUT2D eigenvalue weighted by Crippen LogP contribution is 2.22. The number of amides is 2. The lowest BCUT2D eigenvalue weighted by molar-refractivity contribution is -0.121. The van der Waals surface area contributed by atoms with E-state index in [9.17, 15) is 9.59 Å².